The van der Waals surface area contributed by atoms with Gasteiger partial charge in [-0.3, -0.25) is 14.9 Å². The van der Waals surface area contributed by atoms with Gasteiger partial charge in [0.15, 0.2) is 0 Å². The number of nitrogens with zero attached hydrogens (tertiary/aromatic N) is 4. The van der Waals surface area contributed by atoms with Gasteiger partial charge in [-0.1, -0.05) is 6.07 Å². The van der Waals surface area contributed by atoms with E-state index in [4.69, 9.17) is 9.72 Å². The number of hydrogen-bond acceptors (Lipinski definition) is 9. The summed E-state index contributed by atoms with van der Waals surface area (Å²) < 4.78 is 5.59. The van der Waals surface area contributed by atoms with Gasteiger partial charge in [-0.15, -0.1) is 0 Å². The number of nitrogens with one attached hydrogen (secondary N) is 3. The van der Waals surface area contributed by atoms with Gasteiger partial charge in [0.05, 0.1) is 29.1 Å². The minimum atomic E-state index is -0.388. The molecule has 0 atom stereocenters. The van der Waals surface area contributed by atoms with Crippen LogP contribution in [-0.4, -0.2) is 57.8 Å². The summed E-state index contributed by atoms with van der Waals surface area (Å²) in [5.41, 5.74) is 4.60. The summed E-state index contributed by atoms with van der Waals surface area (Å²) in [6.07, 6.45) is 7.28. The van der Waals surface area contributed by atoms with Crippen molar-refractivity contribution in [1.82, 2.24) is 30.6 Å². The van der Waals surface area contributed by atoms with E-state index < -0.39 is 0 Å². The number of H-pyrrole nitrogens is 1. The van der Waals surface area contributed by atoms with E-state index in [0.717, 1.165) is 77.8 Å². The molecule has 0 spiro atoms. The first-order chi connectivity index (χ1) is 19.6. The summed E-state index contributed by atoms with van der Waals surface area (Å²) in [5, 5.41) is 6.65. The lowest BCUT2D eigenvalue weighted by atomic mass is 9.97. The van der Waals surface area contributed by atoms with E-state index in [1.807, 2.05) is 18.3 Å². The number of benzene rings is 1. The van der Waals surface area contributed by atoms with Crippen LogP contribution in [0.15, 0.2) is 59.8 Å². The zero-order valence-electron chi connectivity index (χ0n) is 22.0. The number of carbonyl (C=O) groups is 2. The quantitative estimate of drug-likeness (QED) is 0.272. The summed E-state index contributed by atoms with van der Waals surface area (Å²) in [6.45, 7) is 3.20. The number of rotatable bonds is 8. The third-order valence-electron chi connectivity index (χ3n) is 7.21. The van der Waals surface area contributed by atoms with Crippen molar-refractivity contribution in [1.29, 1.82) is 0 Å². The molecule has 0 saturated carbocycles. The average Bonchev–Trinajstić information content (AvgIpc) is 3.58. The predicted octanol–water partition coefficient (Wildman–Crippen LogP) is 4.36. The first kappa shape index (κ1) is 26.0. The first-order valence-electron chi connectivity index (χ1n) is 13.2. The van der Waals surface area contributed by atoms with Crippen molar-refractivity contribution in [2.24, 2.45) is 5.92 Å². The maximum absolute atomic E-state index is 11.8. The van der Waals surface area contributed by atoms with Gasteiger partial charge in [-0.25, -0.2) is 15.0 Å². The Balaban J connectivity index is 1.04. The van der Waals surface area contributed by atoms with E-state index in [2.05, 4.69) is 54.8 Å². The maximum Gasteiger partial charge on any atom is 0.290 e. The Morgan fingerprint density at radius 1 is 1.12 bits per heavy atom. The molecule has 1 aromatic carbocycles. The predicted molar refractivity (Wildman–Crippen MR) is 156 cm³/mol. The van der Waals surface area contributed by atoms with Crippen molar-refractivity contribution >= 4 is 45.8 Å². The Morgan fingerprint density at radius 2 is 2.00 bits per heavy atom. The number of hydrogen-bond donors (Lipinski definition) is 3. The molecule has 11 heteroatoms. The number of anilines is 1. The summed E-state index contributed by atoms with van der Waals surface area (Å²) in [4.78, 5) is 43.0. The Kier molecular flexibility index (Phi) is 7.47. The third-order valence-corrected chi connectivity index (χ3v) is 8.02. The number of carbonyl (C=O) groups excluding carboxylic acids is 2. The Hall–Kier alpha value is -4.22. The highest BCUT2D eigenvalue weighted by Gasteiger charge is 2.26. The first-order valence-corrected chi connectivity index (χ1v) is 14.0. The molecule has 2 aliphatic rings. The standard InChI is InChI=1S/C29H29N7O3S/c1-39-25-5-4-23(19-2-3-22-20(14-19)6-10-31-22)34-24(25)17-30-16-18-8-12-36(13-9-18)28-32-11-7-21(33-28)15-26-27(37)35-29(38)40-26/h2-7,10-11,14-15,18,30-31H,8-9,12-13,16-17H2,1H3,(H,35,37,38). The van der Waals surface area contributed by atoms with Gasteiger partial charge >= 0.3 is 0 Å². The molecule has 2 saturated heterocycles. The number of piperidine rings is 1. The molecule has 204 valence electrons. The monoisotopic (exact) mass is 555 g/mol. The molecule has 0 bridgehead atoms. The van der Waals surface area contributed by atoms with Crippen LogP contribution in [0.25, 0.3) is 28.2 Å². The zero-order chi connectivity index (χ0) is 27.5. The van der Waals surface area contributed by atoms with Crippen molar-refractivity contribution in [2.45, 2.75) is 19.4 Å². The molecule has 5 heterocycles. The van der Waals surface area contributed by atoms with Crippen molar-refractivity contribution < 1.29 is 14.3 Å². The fourth-order valence-corrected chi connectivity index (χ4v) is 5.72. The van der Waals surface area contributed by atoms with Crippen LogP contribution in [-0.2, 0) is 11.3 Å². The smallest absolute Gasteiger partial charge is 0.290 e. The van der Waals surface area contributed by atoms with Crippen molar-refractivity contribution in [3.63, 3.8) is 0 Å². The highest BCUT2D eigenvalue weighted by atomic mass is 32.2. The second-order valence-electron chi connectivity index (χ2n) is 9.82. The van der Waals surface area contributed by atoms with Gasteiger partial charge in [-0.2, -0.15) is 0 Å². The molecular weight excluding hydrogens is 526 g/mol. The summed E-state index contributed by atoms with van der Waals surface area (Å²) in [6, 6.07) is 14.1. The van der Waals surface area contributed by atoms with Crippen molar-refractivity contribution in [2.75, 3.05) is 31.6 Å². The minimum absolute atomic E-state index is 0.345. The van der Waals surface area contributed by atoms with Gasteiger partial charge < -0.3 is 19.9 Å². The van der Waals surface area contributed by atoms with Crippen LogP contribution in [0.2, 0.25) is 0 Å². The highest BCUT2D eigenvalue weighted by Crippen LogP contribution is 2.28. The molecule has 0 unspecified atom stereocenters. The summed E-state index contributed by atoms with van der Waals surface area (Å²) >= 11 is 0.886. The summed E-state index contributed by atoms with van der Waals surface area (Å²) in [7, 11) is 1.68. The number of aromatic amines is 1. The molecule has 4 aromatic rings. The molecule has 6 rings (SSSR count). The number of methoxy groups -OCH3 is 1. The SMILES string of the molecule is COc1ccc(-c2ccc3[nH]ccc3c2)nc1CNCC1CCN(c2nccc(C=C3SC(=O)NC3=O)n2)CC1. The van der Waals surface area contributed by atoms with E-state index in [-0.39, 0.29) is 11.1 Å². The van der Waals surface area contributed by atoms with Crippen LogP contribution >= 0.6 is 11.8 Å². The largest absolute Gasteiger partial charge is 0.495 e. The lowest BCUT2D eigenvalue weighted by Gasteiger charge is -2.32. The Labute approximate surface area is 235 Å². The number of thioether (sulfide) groups is 1. The normalized spacial score (nSPS) is 17.1. The lowest BCUT2D eigenvalue weighted by molar-refractivity contribution is -0.115. The van der Waals surface area contributed by atoms with E-state index in [9.17, 15) is 9.59 Å². The van der Waals surface area contributed by atoms with Gasteiger partial charge in [0, 0.05) is 48.5 Å². The minimum Gasteiger partial charge on any atom is -0.495 e. The van der Waals surface area contributed by atoms with Crippen molar-refractivity contribution in [3.8, 4) is 17.0 Å². The fourth-order valence-electron chi connectivity index (χ4n) is 5.06. The van der Waals surface area contributed by atoms with Crippen LogP contribution in [0.3, 0.4) is 0 Å². The molecule has 2 amide bonds. The molecule has 3 N–H and O–H groups in total. The second kappa shape index (κ2) is 11.5. The molecule has 2 fully saturated rings. The number of amides is 2. The number of pyridine rings is 1. The summed E-state index contributed by atoms with van der Waals surface area (Å²) in [5.74, 6) is 1.55. The number of fused-ring (bicyclic) bond motifs is 1. The molecule has 2 aliphatic heterocycles. The van der Waals surface area contributed by atoms with Crippen LogP contribution in [0.4, 0.5) is 10.7 Å². The van der Waals surface area contributed by atoms with E-state index in [0.29, 0.717) is 29.0 Å². The van der Waals surface area contributed by atoms with E-state index in [1.54, 1.807) is 25.4 Å². The number of ether oxygens (including phenoxy) is 1. The zero-order valence-corrected chi connectivity index (χ0v) is 22.8. The van der Waals surface area contributed by atoms with Gasteiger partial charge in [0.1, 0.15) is 5.75 Å². The lowest BCUT2D eigenvalue weighted by Crippen LogP contribution is -2.38. The third kappa shape index (κ3) is 5.70. The maximum atomic E-state index is 11.8. The van der Waals surface area contributed by atoms with Crippen LogP contribution in [0.5, 0.6) is 5.75 Å². The molecule has 40 heavy (non-hydrogen) atoms. The Morgan fingerprint density at radius 3 is 2.80 bits per heavy atom. The average molecular weight is 556 g/mol. The van der Waals surface area contributed by atoms with Crippen LogP contribution < -0.4 is 20.3 Å². The highest BCUT2D eigenvalue weighted by molar-refractivity contribution is 8.18. The molecule has 0 radical (unpaired) electrons. The van der Waals surface area contributed by atoms with Crippen LogP contribution in [0, 0.1) is 5.92 Å². The molecular formula is C29H29N7O3S. The van der Waals surface area contributed by atoms with Gasteiger partial charge in [0.2, 0.25) is 5.95 Å². The topological polar surface area (TPSA) is 125 Å². The van der Waals surface area contributed by atoms with Gasteiger partial charge in [0.25, 0.3) is 11.1 Å². The molecule has 0 aliphatic carbocycles. The van der Waals surface area contributed by atoms with Crippen LogP contribution in [0.1, 0.15) is 24.2 Å². The van der Waals surface area contributed by atoms with Crippen molar-refractivity contribution in [3.05, 3.63) is 71.2 Å². The second-order valence-corrected chi connectivity index (χ2v) is 10.8. The van der Waals surface area contributed by atoms with Gasteiger partial charge in [-0.05, 0) is 79.5 Å². The Bertz CT molecular complexity index is 1590. The fraction of sp³-hybridized carbons (Fsp3) is 0.276. The van der Waals surface area contributed by atoms with E-state index in [1.165, 1.54) is 0 Å². The number of aromatic nitrogens is 4. The number of imide groups is 1. The molecule has 10 nitrogen and oxygen atoms in total. The molecule has 3 aromatic heterocycles. The van der Waals surface area contributed by atoms with E-state index >= 15 is 0 Å².